The molecule has 0 atom stereocenters. The Morgan fingerprint density at radius 3 is 2.67 bits per heavy atom. The zero-order chi connectivity index (χ0) is 14.8. The highest BCUT2D eigenvalue weighted by molar-refractivity contribution is 9.10. The Bertz CT molecular complexity index is 845. The maximum atomic E-state index is 10.3. The van der Waals surface area contributed by atoms with Crippen LogP contribution in [0.15, 0.2) is 64.1 Å². The Balaban J connectivity index is 2.01. The summed E-state index contributed by atoms with van der Waals surface area (Å²) in [4.78, 5) is 4.39. The molecular weight excluding hydrogens is 350 g/mol. The van der Waals surface area contributed by atoms with Crippen molar-refractivity contribution in [2.75, 3.05) is 0 Å². The summed E-state index contributed by atoms with van der Waals surface area (Å²) in [5, 5.41) is 12.8. The highest BCUT2D eigenvalue weighted by Gasteiger charge is 2.04. The van der Waals surface area contributed by atoms with Crippen LogP contribution in [0.25, 0.3) is 10.8 Å². The van der Waals surface area contributed by atoms with Gasteiger partial charge in [-0.1, -0.05) is 41.9 Å². The lowest BCUT2D eigenvalue weighted by Gasteiger charge is -2.04. The van der Waals surface area contributed by atoms with Crippen LogP contribution in [0.2, 0.25) is 5.02 Å². The van der Waals surface area contributed by atoms with Crippen molar-refractivity contribution in [2.45, 2.75) is 0 Å². The molecule has 0 saturated carbocycles. The summed E-state index contributed by atoms with van der Waals surface area (Å²) in [5.74, 6) is 0.238. The first kappa shape index (κ1) is 14.1. The van der Waals surface area contributed by atoms with Crippen molar-refractivity contribution < 1.29 is 5.11 Å². The molecule has 1 N–H and O–H groups in total. The van der Waals surface area contributed by atoms with E-state index in [0.717, 1.165) is 20.9 Å². The summed E-state index contributed by atoms with van der Waals surface area (Å²) >= 11 is 9.32. The van der Waals surface area contributed by atoms with Crippen LogP contribution in [0.4, 0.5) is 5.69 Å². The number of nitrogens with zero attached hydrogens (tertiary/aromatic N) is 1. The summed E-state index contributed by atoms with van der Waals surface area (Å²) < 4.78 is 0.812. The van der Waals surface area contributed by atoms with E-state index in [1.54, 1.807) is 18.3 Å². The molecule has 0 unspecified atom stereocenters. The van der Waals surface area contributed by atoms with Gasteiger partial charge in [-0.3, -0.25) is 4.99 Å². The van der Waals surface area contributed by atoms with Gasteiger partial charge in [-0.15, -0.1) is 0 Å². The Hall–Kier alpha value is -1.84. The van der Waals surface area contributed by atoms with Gasteiger partial charge < -0.3 is 5.11 Å². The largest absolute Gasteiger partial charge is 0.507 e. The molecule has 3 aromatic rings. The molecule has 0 spiro atoms. The van der Waals surface area contributed by atoms with E-state index in [9.17, 15) is 5.11 Å². The van der Waals surface area contributed by atoms with Crippen LogP contribution in [0, 0.1) is 0 Å². The van der Waals surface area contributed by atoms with Crippen molar-refractivity contribution in [1.82, 2.24) is 0 Å². The SMILES string of the molecule is Oc1c(C=Nc2ccc(Cl)cc2Br)ccc2ccccc12. The molecule has 0 aromatic heterocycles. The van der Waals surface area contributed by atoms with Gasteiger partial charge in [0, 0.05) is 26.7 Å². The van der Waals surface area contributed by atoms with Gasteiger partial charge in [-0.05, 0) is 45.6 Å². The lowest BCUT2D eigenvalue weighted by atomic mass is 10.1. The number of phenolic OH excluding ortho intramolecular Hbond substituents is 1. The van der Waals surface area contributed by atoms with E-state index in [0.29, 0.717) is 10.6 Å². The summed E-state index contributed by atoms with van der Waals surface area (Å²) in [7, 11) is 0. The number of benzene rings is 3. The number of hydrogen-bond acceptors (Lipinski definition) is 2. The summed E-state index contributed by atoms with van der Waals surface area (Å²) in [6.45, 7) is 0. The topological polar surface area (TPSA) is 32.6 Å². The van der Waals surface area contributed by atoms with Crippen LogP contribution in [0.5, 0.6) is 5.75 Å². The van der Waals surface area contributed by atoms with Crippen LogP contribution in [0.3, 0.4) is 0 Å². The normalized spacial score (nSPS) is 11.3. The third kappa shape index (κ3) is 2.94. The standard InChI is InChI=1S/C17H11BrClNO/c18-15-9-13(19)7-8-16(15)20-10-12-6-5-11-3-1-2-4-14(11)17(12)21/h1-10,21H. The van der Waals surface area contributed by atoms with E-state index >= 15 is 0 Å². The van der Waals surface area contributed by atoms with E-state index in [2.05, 4.69) is 20.9 Å². The maximum Gasteiger partial charge on any atom is 0.132 e. The highest BCUT2D eigenvalue weighted by atomic mass is 79.9. The number of aliphatic imine (C=N–C) groups is 1. The average molecular weight is 361 g/mol. The zero-order valence-electron chi connectivity index (χ0n) is 10.9. The molecule has 0 amide bonds. The van der Waals surface area contributed by atoms with Crippen molar-refractivity contribution >= 4 is 50.2 Å². The molecule has 3 rings (SSSR count). The fourth-order valence-corrected chi connectivity index (χ4v) is 2.89. The first-order chi connectivity index (χ1) is 10.1. The van der Waals surface area contributed by atoms with Crippen LogP contribution >= 0.6 is 27.5 Å². The first-order valence-corrected chi connectivity index (χ1v) is 7.52. The Morgan fingerprint density at radius 1 is 1.05 bits per heavy atom. The molecule has 0 fully saturated rings. The van der Waals surface area contributed by atoms with E-state index < -0.39 is 0 Å². The Morgan fingerprint density at radius 2 is 1.86 bits per heavy atom. The minimum atomic E-state index is 0.238. The van der Waals surface area contributed by atoms with Crippen molar-refractivity contribution in [3.63, 3.8) is 0 Å². The number of halogens is 2. The quantitative estimate of drug-likeness (QED) is 0.583. The first-order valence-electron chi connectivity index (χ1n) is 6.35. The highest BCUT2D eigenvalue weighted by Crippen LogP contribution is 2.30. The number of phenols is 1. The molecule has 0 aliphatic carbocycles. The van der Waals surface area contributed by atoms with Crippen molar-refractivity contribution in [3.8, 4) is 5.75 Å². The number of aromatic hydroxyl groups is 1. The second-order valence-electron chi connectivity index (χ2n) is 4.58. The lowest BCUT2D eigenvalue weighted by Crippen LogP contribution is -1.84. The van der Waals surface area contributed by atoms with E-state index in [4.69, 9.17) is 11.6 Å². The second kappa shape index (κ2) is 5.88. The molecule has 104 valence electrons. The van der Waals surface area contributed by atoms with Gasteiger partial charge >= 0.3 is 0 Å². The molecule has 0 bridgehead atoms. The van der Waals surface area contributed by atoms with Gasteiger partial charge in [0.05, 0.1) is 5.69 Å². The van der Waals surface area contributed by atoms with Crippen LogP contribution in [-0.2, 0) is 0 Å². The molecule has 21 heavy (non-hydrogen) atoms. The molecule has 3 aromatic carbocycles. The summed E-state index contributed by atoms with van der Waals surface area (Å²) in [6.07, 6.45) is 1.65. The third-order valence-electron chi connectivity index (χ3n) is 3.18. The zero-order valence-corrected chi connectivity index (χ0v) is 13.3. The molecule has 2 nitrogen and oxygen atoms in total. The van der Waals surface area contributed by atoms with Crippen LogP contribution in [0.1, 0.15) is 5.56 Å². The summed E-state index contributed by atoms with van der Waals surface area (Å²) in [5.41, 5.74) is 1.43. The van der Waals surface area contributed by atoms with Gasteiger partial charge in [-0.2, -0.15) is 0 Å². The number of rotatable bonds is 2. The van der Waals surface area contributed by atoms with Gasteiger partial charge in [0.15, 0.2) is 0 Å². The fraction of sp³-hybridized carbons (Fsp3) is 0. The Kier molecular flexibility index (Phi) is 3.95. The lowest BCUT2D eigenvalue weighted by molar-refractivity contribution is 0.481. The molecule has 0 saturated heterocycles. The van der Waals surface area contributed by atoms with Gasteiger partial charge in [0.25, 0.3) is 0 Å². The van der Waals surface area contributed by atoms with Crippen molar-refractivity contribution in [2.24, 2.45) is 4.99 Å². The molecule has 0 heterocycles. The maximum absolute atomic E-state index is 10.3. The van der Waals surface area contributed by atoms with Crippen LogP contribution < -0.4 is 0 Å². The minimum Gasteiger partial charge on any atom is -0.507 e. The molecular formula is C17H11BrClNO. The summed E-state index contributed by atoms with van der Waals surface area (Å²) in [6, 6.07) is 16.9. The van der Waals surface area contributed by atoms with Crippen molar-refractivity contribution in [3.05, 3.63) is 69.7 Å². The van der Waals surface area contributed by atoms with E-state index in [1.165, 1.54) is 0 Å². The molecule has 4 heteroatoms. The van der Waals surface area contributed by atoms with Crippen molar-refractivity contribution in [1.29, 1.82) is 0 Å². The molecule has 0 aliphatic rings. The van der Waals surface area contributed by atoms with Gasteiger partial charge in [0.2, 0.25) is 0 Å². The number of fused-ring (bicyclic) bond motifs is 1. The third-order valence-corrected chi connectivity index (χ3v) is 4.05. The van der Waals surface area contributed by atoms with E-state index in [1.807, 2.05) is 42.5 Å². The fourth-order valence-electron chi connectivity index (χ4n) is 2.10. The minimum absolute atomic E-state index is 0.238. The predicted molar refractivity (Wildman–Crippen MR) is 92.0 cm³/mol. The van der Waals surface area contributed by atoms with Gasteiger partial charge in [0.1, 0.15) is 5.75 Å². The monoisotopic (exact) mass is 359 g/mol. The average Bonchev–Trinajstić information content (AvgIpc) is 2.48. The van der Waals surface area contributed by atoms with E-state index in [-0.39, 0.29) is 5.75 Å². The molecule has 0 aliphatic heterocycles. The molecule has 0 radical (unpaired) electrons. The second-order valence-corrected chi connectivity index (χ2v) is 5.87. The predicted octanol–water partition coefficient (Wildman–Crippen LogP) is 5.71. The Labute approximate surface area is 135 Å². The number of hydrogen-bond donors (Lipinski definition) is 1. The van der Waals surface area contributed by atoms with Crippen LogP contribution in [-0.4, -0.2) is 11.3 Å². The smallest absolute Gasteiger partial charge is 0.132 e. The van der Waals surface area contributed by atoms with Gasteiger partial charge in [-0.25, -0.2) is 0 Å².